The van der Waals surface area contributed by atoms with Crippen LogP contribution < -0.4 is 4.90 Å². The van der Waals surface area contributed by atoms with E-state index in [-0.39, 0.29) is 10.8 Å². The van der Waals surface area contributed by atoms with Crippen molar-refractivity contribution in [2.24, 2.45) is 35.5 Å². The summed E-state index contributed by atoms with van der Waals surface area (Å²) in [7, 11) is 0. The maximum Gasteiger partial charge on any atom is 0.0543 e. The molecule has 7 aromatic rings. The fourth-order valence-electron chi connectivity index (χ4n) is 15.6. The van der Waals surface area contributed by atoms with E-state index in [1.165, 1.54) is 119 Å². The molecule has 6 fully saturated rings. The fourth-order valence-corrected chi connectivity index (χ4v) is 15.6. The highest BCUT2D eigenvalue weighted by atomic mass is 15.1. The third-order valence-corrected chi connectivity index (χ3v) is 17.3. The van der Waals surface area contributed by atoms with Gasteiger partial charge in [-0.05, 0) is 178 Å². The van der Waals surface area contributed by atoms with Gasteiger partial charge in [-0.2, -0.15) is 0 Å². The Hall–Kier alpha value is -5.40. The Balaban J connectivity index is 1.02. The van der Waals surface area contributed by atoms with Crippen molar-refractivity contribution < 1.29 is 0 Å². The van der Waals surface area contributed by atoms with Gasteiger partial charge in [0, 0.05) is 27.8 Å². The van der Waals surface area contributed by atoms with Gasteiger partial charge in [0.25, 0.3) is 0 Å². The minimum Gasteiger partial charge on any atom is -0.310 e. The zero-order valence-corrected chi connectivity index (χ0v) is 33.2. The van der Waals surface area contributed by atoms with E-state index in [2.05, 4.69) is 157 Å². The molecule has 0 aromatic heterocycles. The van der Waals surface area contributed by atoms with Crippen molar-refractivity contribution in [3.63, 3.8) is 0 Å². The van der Waals surface area contributed by atoms with Crippen LogP contribution in [-0.2, 0) is 10.8 Å². The first-order chi connectivity index (χ1) is 28.7. The van der Waals surface area contributed by atoms with Gasteiger partial charge in [-0.25, -0.2) is 0 Å². The van der Waals surface area contributed by atoms with E-state index in [9.17, 15) is 0 Å². The van der Waals surface area contributed by atoms with Crippen LogP contribution in [0.2, 0.25) is 0 Å². The minimum absolute atomic E-state index is 0.122. The molecule has 0 amide bonds. The number of rotatable bonds is 4. The molecule has 8 aliphatic carbocycles. The van der Waals surface area contributed by atoms with E-state index in [4.69, 9.17) is 0 Å². The second-order valence-corrected chi connectivity index (χ2v) is 19.7. The lowest BCUT2D eigenvalue weighted by molar-refractivity contribution is -0.0399. The second kappa shape index (κ2) is 11.6. The average Bonchev–Trinajstić information content (AvgIpc) is 4.03. The van der Waals surface area contributed by atoms with Gasteiger partial charge in [0.2, 0.25) is 0 Å². The fraction of sp³-hybridized carbons (Fsp3) is 0.298. The summed E-state index contributed by atoms with van der Waals surface area (Å²) in [6.45, 7) is 0. The van der Waals surface area contributed by atoms with Crippen LogP contribution in [-0.4, -0.2) is 0 Å². The van der Waals surface area contributed by atoms with E-state index in [0.717, 1.165) is 35.5 Å². The van der Waals surface area contributed by atoms with Crippen molar-refractivity contribution in [1.82, 2.24) is 0 Å². The summed E-state index contributed by atoms with van der Waals surface area (Å²) in [5, 5.41) is 2.59. The molecule has 15 rings (SSSR count). The zero-order valence-electron chi connectivity index (χ0n) is 33.2. The third kappa shape index (κ3) is 4.08. The molecule has 8 aliphatic rings. The Morgan fingerprint density at radius 1 is 0.431 bits per heavy atom. The summed E-state index contributed by atoms with van der Waals surface area (Å²) in [5.74, 6) is 4.89. The number of hydrogen-bond acceptors (Lipinski definition) is 1. The van der Waals surface area contributed by atoms with Gasteiger partial charge in [0.15, 0.2) is 0 Å². The van der Waals surface area contributed by atoms with Crippen LogP contribution >= 0.6 is 0 Å². The van der Waals surface area contributed by atoms with Gasteiger partial charge in [-0.1, -0.05) is 128 Å². The largest absolute Gasteiger partial charge is 0.310 e. The summed E-state index contributed by atoms with van der Waals surface area (Å²) in [4.78, 5) is 2.68. The molecular weight excluding hydrogens is 699 g/mol. The molecule has 0 heterocycles. The molecule has 3 unspecified atom stereocenters. The molecule has 2 spiro atoms. The van der Waals surface area contributed by atoms with Crippen LogP contribution in [0.1, 0.15) is 80.0 Å². The van der Waals surface area contributed by atoms with Crippen LogP contribution in [0.25, 0.3) is 44.2 Å². The van der Waals surface area contributed by atoms with Crippen molar-refractivity contribution in [1.29, 1.82) is 0 Å². The predicted octanol–water partition coefficient (Wildman–Crippen LogP) is 14.8. The van der Waals surface area contributed by atoms with Gasteiger partial charge in [-0.15, -0.1) is 0 Å². The van der Waals surface area contributed by atoms with Crippen molar-refractivity contribution in [2.75, 3.05) is 4.90 Å². The van der Waals surface area contributed by atoms with Crippen LogP contribution in [0.15, 0.2) is 152 Å². The van der Waals surface area contributed by atoms with E-state index in [0.29, 0.717) is 0 Å². The summed E-state index contributed by atoms with van der Waals surface area (Å²) < 4.78 is 0. The maximum atomic E-state index is 2.68. The molecule has 0 aliphatic heterocycles. The topological polar surface area (TPSA) is 3.24 Å². The standard InChI is InChI=1S/C57H49N/c1-2-14-45-38(10-1)11-8-17-46(45)39-12-7-13-43(32-39)58(44-24-25-48-47-15-3-5-18-50(47)56(53(48)33-44)34-35-22-23-40(56)27-35)54-21-9-20-52-55(54)49-16-4-6-19-51(49)57(52)41-28-36-26-37(30-41)31-42(57)29-36/h1-21,24-25,32-33,35-37,40-42H,22-23,26-31,34H2. The molecule has 1 nitrogen and oxygen atoms in total. The lowest BCUT2D eigenvalue weighted by Gasteiger charge is -2.61. The lowest BCUT2D eigenvalue weighted by atomic mass is 9.43. The molecular formula is C57H49N. The minimum atomic E-state index is 0.122. The van der Waals surface area contributed by atoms with Crippen LogP contribution in [0.3, 0.4) is 0 Å². The molecule has 7 aromatic carbocycles. The number of benzene rings is 7. The van der Waals surface area contributed by atoms with Crippen molar-refractivity contribution in [3.05, 3.63) is 174 Å². The molecule has 0 saturated heterocycles. The SMILES string of the molecule is c1cc(-c2cccc3ccccc23)cc(N(c2ccc3c(c2)C2(CC4CCC2C4)c2ccccc2-3)c2cccc3c2-c2ccccc2C32C3CC4CC(C3)CC2C4)c1. The monoisotopic (exact) mass is 747 g/mol. The Bertz CT molecular complexity index is 2830. The summed E-state index contributed by atoms with van der Waals surface area (Å²) in [5.41, 5.74) is 19.0. The van der Waals surface area contributed by atoms with Crippen molar-refractivity contribution >= 4 is 27.8 Å². The molecule has 58 heavy (non-hydrogen) atoms. The van der Waals surface area contributed by atoms with Crippen molar-refractivity contribution in [2.45, 2.75) is 68.6 Å². The van der Waals surface area contributed by atoms with E-state index >= 15 is 0 Å². The first-order valence-electron chi connectivity index (χ1n) is 22.5. The first kappa shape index (κ1) is 32.5. The molecule has 1 heteroatoms. The van der Waals surface area contributed by atoms with E-state index in [1.54, 1.807) is 22.3 Å². The van der Waals surface area contributed by atoms with Crippen LogP contribution in [0, 0.1) is 35.5 Å². The quantitative estimate of drug-likeness (QED) is 0.173. The van der Waals surface area contributed by atoms with Gasteiger partial charge < -0.3 is 4.90 Å². The first-order valence-corrected chi connectivity index (χ1v) is 22.5. The average molecular weight is 748 g/mol. The Kier molecular flexibility index (Phi) is 6.52. The smallest absolute Gasteiger partial charge is 0.0543 e. The highest BCUT2D eigenvalue weighted by Crippen LogP contribution is 2.71. The third-order valence-electron chi connectivity index (χ3n) is 17.3. The molecule has 6 bridgehead atoms. The van der Waals surface area contributed by atoms with E-state index < -0.39 is 0 Å². The maximum absolute atomic E-state index is 2.68. The summed E-state index contributed by atoms with van der Waals surface area (Å²) in [6.07, 6.45) is 12.5. The van der Waals surface area contributed by atoms with E-state index in [1.807, 2.05) is 0 Å². The lowest BCUT2D eigenvalue weighted by Crippen LogP contribution is -2.55. The molecule has 3 atom stereocenters. The Morgan fingerprint density at radius 3 is 1.91 bits per heavy atom. The highest BCUT2D eigenvalue weighted by Gasteiger charge is 2.62. The number of fused-ring (bicyclic) bond motifs is 12. The summed E-state index contributed by atoms with van der Waals surface area (Å²) >= 11 is 0. The normalized spacial score (nSPS) is 29.9. The number of anilines is 3. The molecule has 0 N–H and O–H groups in total. The van der Waals surface area contributed by atoms with Crippen LogP contribution in [0.5, 0.6) is 0 Å². The predicted molar refractivity (Wildman–Crippen MR) is 239 cm³/mol. The Labute approximate surface area is 342 Å². The van der Waals surface area contributed by atoms with Gasteiger partial charge in [0.05, 0.1) is 5.69 Å². The van der Waals surface area contributed by atoms with Gasteiger partial charge in [-0.3, -0.25) is 0 Å². The van der Waals surface area contributed by atoms with Crippen LogP contribution in [0.4, 0.5) is 17.1 Å². The number of nitrogens with zero attached hydrogens (tertiary/aromatic N) is 1. The van der Waals surface area contributed by atoms with Gasteiger partial charge in [0.1, 0.15) is 0 Å². The van der Waals surface area contributed by atoms with Gasteiger partial charge >= 0.3 is 0 Å². The Morgan fingerprint density at radius 2 is 1.09 bits per heavy atom. The molecule has 0 radical (unpaired) electrons. The van der Waals surface area contributed by atoms with Crippen molar-refractivity contribution in [3.8, 4) is 33.4 Å². The molecule has 282 valence electrons. The second-order valence-electron chi connectivity index (χ2n) is 19.7. The highest BCUT2D eigenvalue weighted by molar-refractivity contribution is 5.99. The summed E-state index contributed by atoms with van der Waals surface area (Å²) in [6, 6.07) is 59.3. The molecule has 6 saturated carbocycles. The zero-order chi connectivity index (χ0) is 37.7. The number of hydrogen-bond donors (Lipinski definition) is 0.